The van der Waals surface area contributed by atoms with E-state index in [1.165, 1.54) is 0 Å². The van der Waals surface area contributed by atoms with E-state index in [4.69, 9.17) is 8.22 Å². The Kier molecular flexibility index (Phi) is 9.57. The van der Waals surface area contributed by atoms with Crippen LogP contribution in [0.5, 0.6) is 0 Å². The summed E-state index contributed by atoms with van der Waals surface area (Å²) in [5, 5.41) is -2.13. The number of aromatic nitrogens is 2. The van der Waals surface area contributed by atoms with Gasteiger partial charge >= 0.3 is 0 Å². The van der Waals surface area contributed by atoms with E-state index in [1.807, 2.05) is 188 Å². The van der Waals surface area contributed by atoms with Crippen molar-refractivity contribution in [2.75, 3.05) is 9.80 Å². The molecule has 0 radical (unpaired) electrons. The predicted molar refractivity (Wildman–Crippen MR) is 458 cm³/mol. The molecule has 17 aromatic rings. The summed E-state index contributed by atoms with van der Waals surface area (Å²) in [6.07, 6.45) is 0. The molecule has 2 aliphatic rings. The molecular weight excluding hydrogens is 1290 g/mol. The molecule has 0 unspecified atom stereocenters. The molecule has 0 aliphatic carbocycles. The van der Waals surface area contributed by atoms with E-state index in [1.54, 1.807) is 0 Å². The molecule has 4 nitrogen and oxygen atoms in total. The summed E-state index contributed by atoms with van der Waals surface area (Å²) in [7, 11) is 0. The van der Waals surface area contributed by atoms with Gasteiger partial charge < -0.3 is 18.9 Å². The third-order valence-corrected chi connectivity index (χ3v) is 20.4. The molecule has 107 heavy (non-hydrogen) atoms. The highest BCUT2D eigenvalue weighted by atomic mass is 15.2. The Morgan fingerprint density at radius 1 is 0.271 bits per heavy atom. The summed E-state index contributed by atoms with van der Waals surface area (Å²) in [6, 6.07) is 23.7. The minimum atomic E-state index is -1.79. The third kappa shape index (κ3) is 11.0. The normalized spacial score (nSPS) is 16.8. The van der Waals surface area contributed by atoms with E-state index < -0.39 is 281 Å². The lowest BCUT2D eigenvalue weighted by molar-refractivity contribution is 0.590. The molecule has 15 aromatic carbocycles. The first-order valence-electron chi connectivity index (χ1n) is 50.4. The molecule has 0 spiro atoms. The first-order chi connectivity index (χ1) is 64.5. The summed E-state index contributed by atoms with van der Waals surface area (Å²) in [5.41, 5.74) is -2.02. The van der Waals surface area contributed by atoms with E-state index in [0.29, 0.717) is 61.4 Å². The van der Waals surface area contributed by atoms with Crippen molar-refractivity contribution in [3.8, 4) is 78.1 Å². The van der Waals surface area contributed by atoms with Crippen molar-refractivity contribution in [3.63, 3.8) is 0 Å². The molecule has 0 N–H and O–H groups in total. The molecule has 0 amide bonds. The Bertz CT molecular complexity index is 7620. The van der Waals surface area contributed by atoms with Crippen LogP contribution in [0.25, 0.3) is 122 Å². The zero-order valence-corrected chi connectivity index (χ0v) is 59.9. The highest BCUT2D eigenvalue weighted by Gasteiger charge is 2.47. The van der Waals surface area contributed by atoms with Gasteiger partial charge in [-0.1, -0.05) is 304 Å². The molecule has 0 saturated carbocycles. The summed E-state index contributed by atoms with van der Waals surface area (Å²) < 4.78 is 300. The summed E-state index contributed by atoms with van der Waals surface area (Å²) in [4.78, 5) is 3.63. The second kappa shape index (κ2) is 25.1. The standard InChI is InChI=1S/C102H83BN4/c1-100(2,3)74-58-81(68-36-20-12-21-37-68)98(82(59-74)69-38-22-13-23-39-69)106-93-64-77(104-89-46-30-28-44-79(89)85-56-72(48-54-91(85)104)66-32-16-10-17-33-66)50-52-87(93)103-88-53-51-78(105-90-47-31-29-45-80(90)86-57-73(49-55-92(86)105)67-34-18-11-19-35-67)65-94(88)107(96-63-76(102(7,8)9)62-95(106)97(96)103)99-83(70-40-24-14-25-41-70)60-75(101(4,5)6)61-84(99)71-42-26-15-27-43-71/h10-65H,1-9H3/i10D,11D,16D,17D,18D,19D,28D,29D,30D,31D,32D,33D,34D,35D,44D,45D,46D,47D,48D,49D,50D,51D,52D,53D,54D,55D,56D,57D,64D,65D. The van der Waals surface area contributed by atoms with Gasteiger partial charge in [0.1, 0.15) is 0 Å². The van der Waals surface area contributed by atoms with E-state index in [9.17, 15) is 32.9 Å². The first kappa shape index (κ1) is 40.7. The quantitative estimate of drug-likeness (QED) is 0.127. The highest BCUT2D eigenvalue weighted by Crippen LogP contribution is 2.56. The van der Waals surface area contributed by atoms with Gasteiger partial charge in [-0.05, 0) is 191 Å². The maximum Gasteiger partial charge on any atom is 0.252 e. The topological polar surface area (TPSA) is 16.3 Å². The third-order valence-electron chi connectivity index (χ3n) is 20.4. The maximum absolute atomic E-state index is 11.9. The second-order valence-corrected chi connectivity index (χ2v) is 30.1. The Labute approximate surface area is 671 Å². The van der Waals surface area contributed by atoms with Crippen LogP contribution in [0.4, 0.5) is 34.1 Å². The van der Waals surface area contributed by atoms with Crippen molar-refractivity contribution < 1.29 is 41.1 Å². The number of hydrogen-bond acceptors (Lipinski definition) is 2. The number of rotatable bonds is 10. The van der Waals surface area contributed by atoms with Gasteiger partial charge in [0, 0.05) is 77.9 Å². The van der Waals surface area contributed by atoms with Crippen LogP contribution in [0.2, 0.25) is 0 Å². The van der Waals surface area contributed by atoms with E-state index >= 15 is 0 Å². The smallest absolute Gasteiger partial charge is 0.252 e. The number of hydrogen-bond donors (Lipinski definition) is 0. The molecule has 0 saturated heterocycles. The van der Waals surface area contributed by atoms with Crippen LogP contribution in [-0.4, -0.2) is 15.8 Å². The summed E-state index contributed by atoms with van der Waals surface area (Å²) in [5.74, 6) is 0. The van der Waals surface area contributed by atoms with Gasteiger partial charge in [-0.3, -0.25) is 0 Å². The molecule has 2 aromatic heterocycles. The zero-order chi connectivity index (χ0) is 98.7. The van der Waals surface area contributed by atoms with Gasteiger partial charge in [-0.25, -0.2) is 0 Å². The Morgan fingerprint density at radius 2 is 0.589 bits per heavy atom. The van der Waals surface area contributed by atoms with Crippen LogP contribution >= 0.6 is 0 Å². The average molecular weight is 1410 g/mol. The number of nitrogens with zero attached hydrogens (tertiary/aromatic N) is 4. The zero-order valence-electron chi connectivity index (χ0n) is 89.9. The molecule has 2 aliphatic heterocycles. The van der Waals surface area contributed by atoms with Gasteiger partial charge in [0.05, 0.1) is 74.6 Å². The molecule has 0 atom stereocenters. The van der Waals surface area contributed by atoms with E-state index in [-0.39, 0.29) is 39.1 Å². The fourth-order valence-corrected chi connectivity index (χ4v) is 15.1. The average Bonchev–Trinajstić information content (AvgIpc) is 1.52. The number of para-hydroxylation sites is 2. The van der Waals surface area contributed by atoms with Crippen LogP contribution in [0.3, 0.4) is 0 Å². The summed E-state index contributed by atoms with van der Waals surface area (Å²) in [6.45, 7) is 16.4. The second-order valence-electron chi connectivity index (χ2n) is 30.1. The number of benzene rings is 15. The van der Waals surface area contributed by atoms with Crippen molar-refractivity contribution >= 4 is 101 Å². The lowest BCUT2D eigenvalue weighted by atomic mass is 9.33. The predicted octanol–water partition coefficient (Wildman–Crippen LogP) is 25.9. The molecule has 5 heteroatoms. The van der Waals surface area contributed by atoms with Crippen LogP contribution in [-0.2, 0) is 16.2 Å². The lowest BCUT2D eigenvalue weighted by Gasteiger charge is -2.47. The van der Waals surface area contributed by atoms with E-state index in [2.05, 4.69) is 41.5 Å². The monoisotopic (exact) mass is 1400 g/mol. The van der Waals surface area contributed by atoms with Crippen molar-refractivity contribution in [2.24, 2.45) is 0 Å². The van der Waals surface area contributed by atoms with Crippen molar-refractivity contribution in [1.82, 2.24) is 9.13 Å². The minimum absolute atomic E-state index is 0.207. The van der Waals surface area contributed by atoms with Crippen LogP contribution < -0.4 is 26.2 Å². The molecule has 4 heterocycles. The molecule has 0 bridgehead atoms. The number of fused-ring (bicyclic) bond motifs is 10. The summed E-state index contributed by atoms with van der Waals surface area (Å²) >= 11 is 0. The van der Waals surface area contributed by atoms with E-state index in [0.717, 1.165) is 20.3 Å². The molecule has 0 fully saturated rings. The van der Waals surface area contributed by atoms with Gasteiger partial charge in [0.2, 0.25) is 0 Å². The highest BCUT2D eigenvalue weighted by molar-refractivity contribution is 7.00. The fraction of sp³-hybridized carbons (Fsp3) is 0.118. The van der Waals surface area contributed by atoms with Gasteiger partial charge in [0.25, 0.3) is 6.71 Å². The van der Waals surface area contributed by atoms with Crippen molar-refractivity contribution in [2.45, 2.75) is 78.6 Å². The maximum atomic E-state index is 11.9. The van der Waals surface area contributed by atoms with Gasteiger partial charge in [0.15, 0.2) is 0 Å². The Morgan fingerprint density at radius 3 is 0.935 bits per heavy atom. The molecule has 19 rings (SSSR count). The van der Waals surface area contributed by atoms with Gasteiger partial charge in [-0.15, -0.1) is 0 Å². The molecular formula is C102H83BN4. The largest absolute Gasteiger partial charge is 0.310 e. The Hall–Kier alpha value is -12.4. The van der Waals surface area contributed by atoms with Crippen molar-refractivity contribution in [1.29, 1.82) is 0 Å². The molecule has 514 valence electrons. The fourth-order valence-electron chi connectivity index (χ4n) is 15.1. The Balaban J connectivity index is 1.08. The van der Waals surface area contributed by atoms with Crippen LogP contribution in [0, 0.1) is 0 Å². The van der Waals surface area contributed by atoms with Crippen LogP contribution in [0.15, 0.2) is 339 Å². The lowest BCUT2D eigenvalue weighted by Crippen LogP contribution is -2.61. The SMILES string of the molecule is [2H]c1c([2H])c([2H])c(-c2c([2H])c([2H])c3c(c2[2H])c2c([2H])c([2H])c([2H])c([2H])c2n3-c2c([2H])c([2H])c3c(c2[2H])N(c2c(-c4ccccc4)cc(C(C)(C)C)cc2-c2ccccc2)c2cc(C(C)(C)C)cc4c2B3c2c([2H])c([2H])c(-n3c5c([2H])c([2H])c([2H])c([2H])c5c5c([2H])c(-c6c([2H])c([2H])c([2H])c([2H])c6[2H])c([2H])c([2H])c53)c([2H])c2N4c2c(-c3ccccc3)cc(C(C)(C)C)cc2-c2ccccc2)c([2H])c1[2H]. The van der Waals surface area contributed by atoms with Crippen LogP contribution in [0.1, 0.15) is 120 Å². The van der Waals surface area contributed by atoms with Crippen molar-refractivity contribution in [3.05, 3.63) is 356 Å². The van der Waals surface area contributed by atoms with Gasteiger partial charge in [-0.2, -0.15) is 0 Å². The minimum Gasteiger partial charge on any atom is -0.310 e. The first-order valence-corrected chi connectivity index (χ1v) is 35.4. The number of anilines is 6.